The quantitative estimate of drug-likeness (QED) is 0.0262. The van der Waals surface area contributed by atoms with Crippen molar-refractivity contribution in [3.8, 4) is 0 Å². The maximum atomic E-state index is 12.8. The molecule has 0 heterocycles. The van der Waals surface area contributed by atoms with Gasteiger partial charge in [-0.15, -0.1) is 0 Å². The first-order valence-electron chi connectivity index (χ1n) is 29.8. The van der Waals surface area contributed by atoms with Gasteiger partial charge >= 0.3 is 17.9 Å². The topological polar surface area (TPSA) is 78.9 Å². The van der Waals surface area contributed by atoms with Crippen LogP contribution in [0.2, 0.25) is 0 Å². The van der Waals surface area contributed by atoms with Gasteiger partial charge in [-0.2, -0.15) is 0 Å². The number of hydrogen-bond acceptors (Lipinski definition) is 6. The molecule has 0 aliphatic heterocycles. The highest BCUT2D eigenvalue weighted by Crippen LogP contribution is 2.15. The first-order chi connectivity index (χ1) is 34.0. The largest absolute Gasteiger partial charge is 0.462 e. The van der Waals surface area contributed by atoms with Gasteiger partial charge in [-0.25, -0.2) is 0 Å². The van der Waals surface area contributed by atoms with Gasteiger partial charge in [0.1, 0.15) is 13.2 Å². The predicted octanol–water partition coefficient (Wildman–Crippen LogP) is 20.0. The van der Waals surface area contributed by atoms with Crippen molar-refractivity contribution in [2.24, 2.45) is 0 Å². The molecule has 1 unspecified atom stereocenters. The van der Waals surface area contributed by atoms with Crippen LogP contribution in [0.1, 0.15) is 303 Å². The molecule has 0 spiro atoms. The Balaban J connectivity index is 4.34. The summed E-state index contributed by atoms with van der Waals surface area (Å²) in [5.74, 6) is -0.896. The van der Waals surface area contributed by atoms with Gasteiger partial charge < -0.3 is 14.2 Å². The molecule has 0 radical (unpaired) electrons. The summed E-state index contributed by atoms with van der Waals surface area (Å²) in [5.41, 5.74) is 0. The second kappa shape index (κ2) is 57.7. The van der Waals surface area contributed by atoms with Crippen LogP contribution in [0, 0.1) is 0 Å². The van der Waals surface area contributed by atoms with Crippen molar-refractivity contribution >= 4 is 17.9 Å². The van der Waals surface area contributed by atoms with Crippen molar-refractivity contribution in [1.29, 1.82) is 0 Å². The fourth-order valence-electron chi connectivity index (χ4n) is 8.44. The zero-order chi connectivity index (χ0) is 50.0. The fraction of sp³-hybridized carbons (Fsp3) is 0.794. The molecule has 0 bridgehead atoms. The molecule has 0 aliphatic carbocycles. The van der Waals surface area contributed by atoms with Crippen LogP contribution in [0.5, 0.6) is 0 Å². The van der Waals surface area contributed by atoms with E-state index in [1.165, 1.54) is 167 Å². The van der Waals surface area contributed by atoms with Gasteiger partial charge in [0.25, 0.3) is 0 Å². The van der Waals surface area contributed by atoms with Crippen LogP contribution < -0.4 is 0 Å². The van der Waals surface area contributed by atoms with E-state index in [1.807, 2.05) is 0 Å². The Hall–Kier alpha value is -2.89. The highest BCUT2D eigenvalue weighted by Gasteiger charge is 2.19. The van der Waals surface area contributed by atoms with Gasteiger partial charge in [-0.1, -0.05) is 236 Å². The highest BCUT2D eigenvalue weighted by molar-refractivity contribution is 5.71. The summed E-state index contributed by atoms with van der Waals surface area (Å²) >= 11 is 0. The minimum absolute atomic E-state index is 0.0831. The summed E-state index contributed by atoms with van der Waals surface area (Å²) in [6, 6.07) is 0. The lowest BCUT2D eigenvalue weighted by atomic mass is 10.1. The van der Waals surface area contributed by atoms with E-state index in [1.54, 1.807) is 0 Å². The second-order valence-electron chi connectivity index (χ2n) is 19.9. The van der Waals surface area contributed by atoms with Crippen LogP contribution in [0.25, 0.3) is 0 Å². The molecule has 0 rings (SSSR count). The maximum absolute atomic E-state index is 12.8. The Bertz CT molecular complexity index is 1250. The fourth-order valence-corrected chi connectivity index (χ4v) is 8.44. The molecule has 0 aromatic rings. The third kappa shape index (κ3) is 55.9. The SMILES string of the molecule is CCCCCC/C=C\CCCCCCCC(=O)OCC(COC(=O)CCCCCCCCCC/C=C\C/C=C\C/C=C\CCCCCCC)OC(=O)CCCCCCC/C=C\CCCCCCCC. The molecule has 0 aliphatic rings. The Labute approximate surface area is 428 Å². The first kappa shape index (κ1) is 66.1. The second-order valence-corrected chi connectivity index (χ2v) is 19.9. The number of esters is 3. The van der Waals surface area contributed by atoms with Crippen molar-refractivity contribution in [1.82, 2.24) is 0 Å². The van der Waals surface area contributed by atoms with Gasteiger partial charge in [0.05, 0.1) is 0 Å². The maximum Gasteiger partial charge on any atom is 0.306 e. The summed E-state index contributed by atoms with van der Waals surface area (Å²) in [7, 11) is 0. The zero-order valence-corrected chi connectivity index (χ0v) is 45.8. The number of carbonyl (C=O) groups excluding carboxylic acids is 3. The standard InChI is InChI=1S/C63H112O6/c1-4-7-10-13-16-19-22-25-27-28-29-30-31-32-33-34-36-38-41-44-47-50-53-56-62(65)68-59-60(58-67-61(64)55-52-49-46-43-40-37-24-21-18-15-12-9-6-3)69-63(66)57-54-51-48-45-42-39-35-26-23-20-17-14-11-8-5-2/h21-22,24-26,28-29,31-32,35,60H,4-20,23,27,30,33-34,36-59H2,1-3H3/b24-21-,25-22-,29-28-,32-31-,35-26-. The van der Waals surface area contributed by atoms with Crippen molar-refractivity contribution in [3.05, 3.63) is 60.8 Å². The molecule has 0 saturated carbocycles. The van der Waals surface area contributed by atoms with Gasteiger partial charge in [0.2, 0.25) is 0 Å². The molecule has 0 fully saturated rings. The van der Waals surface area contributed by atoms with Crippen LogP contribution in [0.3, 0.4) is 0 Å². The van der Waals surface area contributed by atoms with Gasteiger partial charge in [-0.3, -0.25) is 14.4 Å². The molecule has 0 amide bonds. The van der Waals surface area contributed by atoms with Crippen molar-refractivity contribution in [3.63, 3.8) is 0 Å². The molecule has 69 heavy (non-hydrogen) atoms. The molecule has 0 aromatic heterocycles. The van der Waals surface area contributed by atoms with E-state index in [2.05, 4.69) is 81.5 Å². The molecule has 6 nitrogen and oxygen atoms in total. The lowest BCUT2D eigenvalue weighted by Gasteiger charge is -2.18. The van der Waals surface area contributed by atoms with E-state index in [9.17, 15) is 14.4 Å². The smallest absolute Gasteiger partial charge is 0.306 e. The summed E-state index contributed by atoms with van der Waals surface area (Å²) in [5, 5.41) is 0. The van der Waals surface area contributed by atoms with Crippen LogP contribution in [-0.4, -0.2) is 37.2 Å². The summed E-state index contributed by atoms with van der Waals surface area (Å²) < 4.78 is 16.9. The molecule has 0 N–H and O–H groups in total. The normalized spacial score (nSPS) is 12.4. The number of ether oxygens (including phenoxy) is 3. The van der Waals surface area contributed by atoms with E-state index >= 15 is 0 Å². The van der Waals surface area contributed by atoms with E-state index in [-0.39, 0.29) is 31.1 Å². The Morgan fingerprint density at radius 2 is 0.522 bits per heavy atom. The third-order valence-electron chi connectivity index (χ3n) is 13.0. The van der Waals surface area contributed by atoms with E-state index in [0.29, 0.717) is 19.3 Å². The zero-order valence-electron chi connectivity index (χ0n) is 45.8. The molecule has 1 atom stereocenters. The first-order valence-corrected chi connectivity index (χ1v) is 29.8. The third-order valence-corrected chi connectivity index (χ3v) is 13.0. The van der Waals surface area contributed by atoms with Gasteiger partial charge in [0.15, 0.2) is 6.10 Å². The number of unbranched alkanes of at least 4 members (excludes halogenated alkanes) is 33. The molecular weight excluding hydrogens is 853 g/mol. The molecule has 0 saturated heterocycles. The Kier molecular flexibility index (Phi) is 55.3. The van der Waals surface area contributed by atoms with E-state index in [4.69, 9.17) is 14.2 Å². The van der Waals surface area contributed by atoms with Crippen molar-refractivity contribution in [2.45, 2.75) is 309 Å². The summed E-state index contributed by atoms with van der Waals surface area (Å²) in [4.78, 5) is 38.2. The Morgan fingerprint density at radius 1 is 0.290 bits per heavy atom. The van der Waals surface area contributed by atoms with Crippen LogP contribution in [0.4, 0.5) is 0 Å². The summed E-state index contributed by atoms with van der Waals surface area (Å²) in [6.45, 7) is 6.61. The predicted molar refractivity (Wildman–Crippen MR) is 298 cm³/mol. The summed E-state index contributed by atoms with van der Waals surface area (Å²) in [6.07, 6.45) is 72.1. The van der Waals surface area contributed by atoms with E-state index in [0.717, 1.165) is 96.3 Å². The average Bonchev–Trinajstić information content (AvgIpc) is 3.35. The molecule has 400 valence electrons. The number of rotatable bonds is 54. The average molecular weight is 966 g/mol. The lowest BCUT2D eigenvalue weighted by Crippen LogP contribution is -2.30. The number of carbonyl (C=O) groups is 3. The monoisotopic (exact) mass is 965 g/mol. The number of allylic oxidation sites excluding steroid dienone is 10. The molecular formula is C63H112O6. The molecule has 6 heteroatoms. The van der Waals surface area contributed by atoms with Crippen molar-refractivity contribution < 1.29 is 28.6 Å². The van der Waals surface area contributed by atoms with Crippen molar-refractivity contribution in [2.75, 3.05) is 13.2 Å². The minimum atomic E-state index is -0.785. The highest BCUT2D eigenvalue weighted by atomic mass is 16.6. The van der Waals surface area contributed by atoms with Crippen LogP contribution in [-0.2, 0) is 28.6 Å². The molecule has 0 aromatic carbocycles. The van der Waals surface area contributed by atoms with Gasteiger partial charge in [0, 0.05) is 19.3 Å². The van der Waals surface area contributed by atoms with Gasteiger partial charge in [-0.05, 0) is 109 Å². The number of hydrogen-bond donors (Lipinski definition) is 0. The van der Waals surface area contributed by atoms with Crippen LogP contribution >= 0.6 is 0 Å². The lowest BCUT2D eigenvalue weighted by molar-refractivity contribution is -0.167. The van der Waals surface area contributed by atoms with Crippen LogP contribution in [0.15, 0.2) is 60.8 Å². The minimum Gasteiger partial charge on any atom is -0.462 e. The Morgan fingerprint density at radius 3 is 0.841 bits per heavy atom. The van der Waals surface area contributed by atoms with E-state index < -0.39 is 6.10 Å².